The molecule has 1 aliphatic carbocycles. The van der Waals surface area contributed by atoms with Gasteiger partial charge >= 0.3 is 6.18 Å². The number of halogens is 3. The third kappa shape index (κ3) is 3.74. The zero-order valence-electron chi connectivity index (χ0n) is 18.2. The average Bonchev–Trinajstić information content (AvgIpc) is 3.40. The molecule has 1 aromatic carbocycles. The summed E-state index contributed by atoms with van der Waals surface area (Å²) < 4.78 is 44.5. The minimum absolute atomic E-state index is 0.0474. The Morgan fingerprint density at radius 2 is 1.94 bits per heavy atom. The van der Waals surface area contributed by atoms with Gasteiger partial charge in [-0.15, -0.1) is 0 Å². The van der Waals surface area contributed by atoms with Gasteiger partial charge in [0.05, 0.1) is 7.11 Å². The normalized spacial score (nSPS) is 24.7. The largest absolute Gasteiger partial charge is 0.497 e. The van der Waals surface area contributed by atoms with Gasteiger partial charge in [0.25, 0.3) is 5.91 Å². The van der Waals surface area contributed by atoms with Gasteiger partial charge in [0.2, 0.25) is 5.60 Å². The summed E-state index contributed by atoms with van der Waals surface area (Å²) in [5, 5.41) is 17.2. The van der Waals surface area contributed by atoms with Crippen LogP contribution in [0.1, 0.15) is 38.9 Å². The van der Waals surface area contributed by atoms with E-state index >= 15 is 0 Å². The molecule has 32 heavy (non-hydrogen) atoms. The number of rotatable bonds is 5. The van der Waals surface area contributed by atoms with Gasteiger partial charge in [-0.25, -0.2) is 4.98 Å². The maximum Gasteiger partial charge on any atom is 0.426 e. The number of nitrogens with one attached hydrogen (secondary N) is 1. The minimum atomic E-state index is -5.01. The van der Waals surface area contributed by atoms with Crippen LogP contribution in [0.5, 0.6) is 5.75 Å². The molecule has 1 saturated heterocycles. The van der Waals surface area contributed by atoms with Crippen molar-refractivity contribution in [1.82, 2.24) is 20.1 Å². The number of benzene rings is 1. The van der Waals surface area contributed by atoms with Crippen LogP contribution in [0.3, 0.4) is 0 Å². The smallest absolute Gasteiger partial charge is 0.426 e. The van der Waals surface area contributed by atoms with Gasteiger partial charge in [-0.3, -0.25) is 9.89 Å². The molecule has 0 unspecified atom stereocenters. The molecule has 174 valence electrons. The Hall–Kier alpha value is -2.62. The number of aliphatic hydroxyl groups is 1. The van der Waals surface area contributed by atoms with E-state index in [0.29, 0.717) is 19.2 Å². The number of carbonyl (C=O) groups excluding carboxylic acids is 1. The topological polar surface area (TPSA) is 91.3 Å². The number of likely N-dealkylation sites (tertiary alicyclic amines) is 1. The van der Waals surface area contributed by atoms with Crippen LogP contribution in [0, 0.1) is 11.8 Å². The van der Waals surface area contributed by atoms with Crippen molar-refractivity contribution in [2.75, 3.05) is 20.2 Å². The number of ether oxygens (including phenoxy) is 1. The number of amides is 1. The van der Waals surface area contributed by atoms with Gasteiger partial charge in [0.1, 0.15) is 11.6 Å². The van der Waals surface area contributed by atoms with E-state index in [9.17, 15) is 23.1 Å². The van der Waals surface area contributed by atoms with E-state index in [4.69, 9.17) is 9.72 Å². The Labute approximate surface area is 184 Å². The fraction of sp³-hybridized carbons (Fsp3) is 0.591. The number of aromatic nitrogens is 3. The summed E-state index contributed by atoms with van der Waals surface area (Å²) in [6.45, 7) is 2.79. The third-order valence-corrected chi connectivity index (χ3v) is 6.96. The van der Waals surface area contributed by atoms with Crippen molar-refractivity contribution in [3.63, 3.8) is 0 Å². The number of hydrogen-bond donors (Lipinski definition) is 2. The predicted molar refractivity (Wildman–Crippen MR) is 110 cm³/mol. The molecule has 0 bridgehead atoms. The highest BCUT2D eigenvalue weighted by Gasteiger charge is 2.59. The molecule has 2 aromatic rings. The van der Waals surface area contributed by atoms with Crippen LogP contribution in [-0.2, 0) is 10.2 Å². The van der Waals surface area contributed by atoms with Gasteiger partial charge in [-0.05, 0) is 62.3 Å². The number of methoxy groups -OCH3 is 1. The average molecular weight is 452 g/mol. The summed E-state index contributed by atoms with van der Waals surface area (Å²) in [4.78, 5) is 18.2. The van der Waals surface area contributed by atoms with Crippen molar-refractivity contribution in [1.29, 1.82) is 0 Å². The molecule has 7 nitrogen and oxygen atoms in total. The summed E-state index contributed by atoms with van der Waals surface area (Å²) >= 11 is 0. The van der Waals surface area contributed by atoms with Crippen molar-refractivity contribution in [2.24, 2.45) is 11.8 Å². The van der Waals surface area contributed by atoms with E-state index in [1.54, 1.807) is 7.11 Å². The van der Waals surface area contributed by atoms with Crippen LogP contribution < -0.4 is 4.74 Å². The molecule has 10 heteroatoms. The predicted octanol–water partition coefficient (Wildman–Crippen LogP) is 3.31. The summed E-state index contributed by atoms with van der Waals surface area (Å²) in [5.74, 6) is 0.912. The van der Waals surface area contributed by atoms with Gasteiger partial charge in [-0.2, -0.15) is 18.3 Å². The molecule has 2 N–H and O–H groups in total. The van der Waals surface area contributed by atoms with E-state index < -0.39 is 17.7 Å². The zero-order valence-corrected chi connectivity index (χ0v) is 18.2. The second-order valence-corrected chi connectivity index (χ2v) is 9.09. The van der Waals surface area contributed by atoms with Crippen LogP contribution in [0.2, 0.25) is 0 Å². The first-order valence-electron chi connectivity index (χ1n) is 10.7. The molecule has 1 aromatic heterocycles. The third-order valence-electron chi connectivity index (χ3n) is 6.96. The Morgan fingerprint density at radius 1 is 1.28 bits per heavy atom. The van der Waals surface area contributed by atoms with Crippen LogP contribution in [0.25, 0.3) is 11.4 Å². The van der Waals surface area contributed by atoms with E-state index in [-0.39, 0.29) is 30.3 Å². The van der Waals surface area contributed by atoms with Gasteiger partial charge in [-0.1, -0.05) is 6.92 Å². The summed E-state index contributed by atoms with van der Waals surface area (Å²) in [7, 11) is 1.60. The van der Waals surface area contributed by atoms with E-state index in [2.05, 4.69) is 10.2 Å². The van der Waals surface area contributed by atoms with Crippen LogP contribution in [0.15, 0.2) is 24.3 Å². The highest BCUT2D eigenvalue weighted by atomic mass is 19.4. The van der Waals surface area contributed by atoms with Crippen LogP contribution >= 0.6 is 0 Å². The van der Waals surface area contributed by atoms with Crippen molar-refractivity contribution in [2.45, 2.75) is 50.3 Å². The Morgan fingerprint density at radius 3 is 2.47 bits per heavy atom. The summed E-state index contributed by atoms with van der Waals surface area (Å²) in [6, 6.07) is 7.43. The molecule has 1 amide bonds. The van der Waals surface area contributed by atoms with Crippen molar-refractivity contribution in [3.05, 3.63) is 30.1 Å². The lowest BCUT2D eigenvalue weighted by molar-refractivity contribution is -0.251. The number of carbonyl (C=O) groups is 1. The fourth-order valence-electron chi connectivity index (χ4n) is 4.85. The molecule has 2 aliphatic rings. The first-order chi connectivity index (χ1) is 15.0. The lowest BCUT2D eigenvalue weighted by Crippen LogP contribution is -2.59. The monoisotopic (exact) mass is 452 g/mol. The maximum absolute atomic E-state index is 13.1. The Balaban J connectivity index is 1.48. The maximum atomic E-state index is 13.1. The molecule has 0 spiro atoms. The first-order valence-corrected chi connectivity index (χ1v) is 10.7. The lowest BCUT2D eigenvalue weighted by Gasteiger charge is -2.42. The number of hydrogen-bond acceptors (Lipinski definition) is 5. The minimum Gasteiger partial charge on any atom is -0.497 e. The van der Waals surface area contributed by atoms with E-state index in [1.165, 1.54) is 0 Å². The highest BCUT2D eigenvalue weighted by molar-refractivity contribution is 5.85. The molecule has 4 rings (SSSR count). The molecule has 3 atom stereocenters. The fourth-order valence-corrected chi connectivity index (χ4v) is 4.85. The van der Waals surface area contributed by atoms with E-state index in [0.717, 1.165) is 34.9 Å². The molecular weight excluding hydrogens is 425 g/mol. The number of piperidine rings is 1. The standard InChI is InChI=1S/C22H27F3N4O3/c1-13-12-29(19(30)20(2,31)22(23,24)25)11-8-16(13)21(9-10-21)18-26-17(27-28-18)14-4-6-15(32-3)7-5-14/h4-7,13,16,31H,8-12H2,1-3H3,(H,26,27,28)/t13-,16+,20+/m0/s1. The summed E-state index contributed by atoms with van der Waals surface area (Å²) in [5.41, 5.74) is -2.74. The Bertz CT molecular complexity index is 983. The first kappa shape index (κ1) is 22.6. The molecule has 0 radical (unpaired) electrons. The second kappa shape index (κ2) is 7.75. The van der Waals surface area contributed by atoms with Crippen molar-refractivity contribution in [3.8, 4) is 17.1 Å². The highest BCUT2D eigenvalue weighted by Crippen LogP contribution is 2.57. The quantitative estimate of drug-likeness (QED) is 0.726. The molecule has 1 aliphatic heterocycles. The SMILES string of the molecule is COc1ccc(-c2n[nH]c(C3([C@@H]4CCN(C(=O)[C@@](C)(O)C(F)(F)F)C[C@@H]4C)CC3)n2)cc1. The molecule has 2 fully saturated rings. The second-order valence-electron chi connectivity index (χ2n) is 9.09. The van der Waals surface area contributed by atoms with Crippen LogP contribution in [-0.4, -0.2) is 63.1 Å². The number of H-pyrrole nitrogens is 1. The van der Waals surface area contributed by atoms with Gasteiger partial charge in [0, 0.05) is 24.1 Å². The number of alkyl halides is 3. The zero-order chi connectivity index (χ0) is 23.3. The van der Waals surface area contributed by atoms with Crippen molar-refractivity contribution >= 4 is 5.91 Å². The van der Waals surface area contributed by atoms with Gasteiger partial charge in [0.15, 0.2) is 5.82 Å². The van der Waals surface area contributed by atoms with Gasteiger partial charge < -0.3 is 14.7 Å². The Kier molecular flexibility index (Phi) is 5.47. The lowest BCUT2D eigenvalue weighted by atomic mass is 9.74. The molecular formula is C22H27F3N4O3. The molecule has 2 heterocycles. The molecule has 1 saturated carbocycles. The number of nitrogens with zero attached hydrogens (tertiary/aromatic N) is 3. The van der Waals surface area contributed by atoms with E-state index in [1.807, 2.05) is 31.2 Å². The number of aromatic amines is 1. The summed E-state index contributed by atoms with van der Waals surface area (Å²) in [6.07, 6.45) is -2.65. The van der Waals surface area contributed by atoms with Crippen molar-refractivity contribution < 1.29 is 27.8 Å². The van der Waals surface area contributed by atoms with Crippen LogP contribution in [0.4, 0.5) is 13.2 Å².